The van der Waals surface area contributed by atoms with E-state index in [4.69, 9.17) is 13.9 Å². The zero-order valence-corrected chi connectivity index (χ0v) is 15.4. The number of carboxylic acids is 1. The molecule has 7 heteroatoms. The first-order valence-electron chi connectivity index (χ1n) is 8.77. The number of carbonyl (C=O) groups excluding carboxylic acids is 1. The molecule has 1 amide bonds. The Hall–Kier alpha value is -4.13. The Morgan fingerprint density at radius 3 is 2.62 bits per heavy atom. The van der Waals surface area contributed by atoms with Gasteiger partial charge in [-0.3, -0.25) is 4.79 Å². The number of hydrogen-bond donors (Lipinski definition) is 2. The van der Waals surface area contributed by atoms with Gasteiger partial charge in [0.05, 0.1) is 11.8 Å². The van der Waals surface area contributed by atoms with Gasteiger partial charge < -0.3 is 13.9 Å². The van der Waals surface area contributed by atoms with Gasteiger partial charge in [0.2, 0.25) is 0 Å². The minimum absolute atomic E-state index is 0.164. The van der Waals surface area contributed by atoms with E-state index in [9.17, 15) is 9.59 Å². The van der Waals surface area contributed by atoms with Crippen molar-refractivity contribution < 1.29 is 23.5 Å². The van der Waals surface area contributed by atoms with Crippen LogP contribution in [0.15, 0.2) is 74.6 Å². The van der Waals surface area contributed by atoms with Crippen LogP contribution in [-0.4, -0.2) is 23.2 Å². The summed E-state index contributed by atoms with van der Waals surface area (Å²) in [6.45, 7) is 1.81. The molecule has 0 bridgehead atoms. The van der Waals surface area contributed by atoms with E-state index in [1.165, 1.54) is 12.3 Å². The van der Waals surface area contributed by atoms with Crippen molar-refractivity contribution in [2.45, 2.75) is 6.92 Å². The smallest absolute Gasteiger partial charge is 0.335 e. The number of hydrogen-bond acceptors (Lipinski definition) is 5. The fourth-order valence-electron chi connectivity index (χ4n) is 2.94. The van der Waals surface area contributed by atoms with E-state index in [0.717, 1.165) is 16.5 Å². The van der Waals surface area contributed by atoms with Gasteiger partial charge in [-0.05, 0) is 48.9 Å². The van der Waals surface area contributed by atoms with Crippen LogP contribution in [0.4, 0.5) is 0 Å². The molecule has 0 aliphatic heterocycles. The average Bonchev–Trinajstić information content (AvgIpc) is 3.34. The molecule has 2 aromatic heterocycles. The largest absolute Gasteiger partial charge is 0.478 e. The molecule has 4 aromatic rings. The highest BCUT2D eigenvalue weighted by Gasteiger charge is 2.12. The topological polar surface area (TPSA) is 105 Å². The molecule has 4 rings (SSSR count). The number of furan rings is 2. The van der Waals surface area contributed by atoms with Gasteiger partial charge in [0.15, 0.2) is 5.76 Å². The van der Waals surface area contributed by atoms with Gasteiger partial charge in [-0.2, -0.15) is 5.10 Å². The number of aryl methyl sites for hydroxylation is 1. The van der Waals surface area contributed by atoms with Crippen LogP contribution < -0.4 is 5.43 Å². The van der Waals surface area contributed by atoms with Crippen molar-refractivity contribution in [3.8, 4) is 11.3 Å². The SMILES string of the molecule is Cc1cc(C(=O)O)ccc1-c1ccc(/C=N/NC(=O)c2cc3ccccc3o2)o1. The van der Waals surface area contributed by atoms with Crippen LogP contribution >= 0.6 is 0 Å². The van der Waals surface area contributed by atoms with Crippen LogP contribution in [0.1, 0.15) is 32.2 Å². The van der Waals surface area contributed by atoms with E-state index in [-0.39, 0.29) is 11.3 Å². The fourth-order valence-corrected chi connectivity index (χ4v) is 2.94. The van der Waals surface area contributed by atoms with Crippen molar-refractivity contribution in [3.63, 3.8) is 0 Å². The summed E-state index contributed by atoms with van der Waals surface area (Å²) in [5.41, 5.74) is 4.80. The van der Waals surface area contributed by atoms with Crippen LogP contribution in [0.2, 0.25) is 0 Å². The quantitative estimate of drug-likeness (QED) is 0.388. The van der Waals surface area contributed by atoms with Gasteiger partial charge in [0.25, 0.3) is 0 Å². The number of nitrogens with zero attached hydrogens (tertiary/aromatic N) is 1. The number of nitrogens with one attached hydrogen (secondary N) is 1. The monoisotopic (exact) mass is 388 g/mol. The molecule has 144 valence electrons. The summed E-state index contributed by atoms with van der Waals surface area (Å²) in [7, 11) is 0. The predicted octanol–water partition coefficient (Wildman–Crippen LogP) is 4.46. The molecule has 2 heterocycles. The van der Waals surface area contributed by atoms with Crippen LogP contribution in [0, 0.1) is 6.92 Å². The zero-order valence-electron chi connectivity index (χ0n) is 15.4. The first-order valence-corrected chi connectivity index (χ1v) is 8.77. The second-order valence-corrected chi connectivity index (χ2v) is 6.38. The van der Waals surface area contributed by atoms with Crippen molar-refractivity contribution in [2.75, 3.05) is 0 Å². The average molecular weight is 388 g/mol. The lowest BCUT2D eigenvalue weighted by Gasteiger charge is -2.03. The Bertz CT molecular complexity index is 1220. The molecular weight excluding hydrogens is 372 g/mol. The van der Waals surface area contributed by atoms with Gasteiger partial charge in [-0.25, -0.2) is 10.2 Å². The number of amides is 1. The third-order valence-electron chi connectivity index (χ3n) is 4.37. The summed E-state index contributed by atoms with van der Waals surface area (Å²) in [6.07, 6.45) is 1.38. The molecule has 0 saturated heterocycles. The summed E-state index contributed by atoms with van der Waals surface area (Å²) in [4.78, 5) is 23.2. The van der Waals surface area contributed by atoms with E-state index in [0.29, 0.717) is 17.1 Å². The molecule has 0 aliphatic rings. The highest BCUT2D eigenvalue weighted by atomic mass is 16.4. The molecule has 2 N–H and O–H groups in total. The van der Waals surface area contributed by atoms with Gasteiger partial charge in [0.1, 0.15) is 17.1 Å². The van der Waals surface area contributed by atoms with Crippen LogP contribution in [0.5, 0.6) is 0 Å². The fraction of sp³-hybridized carbons (Fsp3) is 0.0455. The Morgan fingerprint density at radius 2 is 1.86 bits per heavy atom. The second kappa shape index (κ2) is 7.47. The third-order valence-corrected chi connectivity index (χ3v) is 4.37. The summed E-state index contributed by atoms with van der Waals surface area (Å²) in [5.74, 6) is -0.273. The molecule has 0 spiro atoms. The number of aromatic carboxylic acids is 1. The maximum Gasteiger partial charge on any atom is 0.335 e. The van der Waals surface area contributed by atoms with Gasteiger partial charge in [0, 0.05) is 10.9 Å². The Labute approximate surface area is 165 Å². The normalized spacial score (nSPS) is 11.2. The Morgan fingerprint density at radius 1 is 1.03 bits per heavy atom. The molecule has 0 saturated carbocycles. The number of carbonyl (C=O) groups is 2. The van der Waals surface area contributed by atoms with Crippen LogP contribution in [-0.2, 0) is 0 Å². The maximum absolute atomic E-state index is 12.2. The number of fused-ring (bicyclic) bond motifs is 1. The number of hydrazone groups is 1. The molecule has 29 heavy (non-hydrogen) atoms. The molecule has 0 fully saturated rings. The Balaban J connectivity index is 1.45. The van der Waals surface area contributed by atoms with E-state index in [1.54, 1.807) is 36.4 Å². The molecular formula is C22H16N2O5. The van der Waals surface area contributed by atoms with E-state index < -0.39 is 11.9 Å². The number of benzene rings is 2. The second-order valence-electron chi connectivity index (χ2n) is 6.38. The van der Waals surface area contributed by atoms with E-state index in [1.807, 2.05) is 25.1 Å². The van der Waals surface area contributed by atoms with E-state index >= 15 is 0 Å². The Kier molecular flexibility index (Phi) is 4.70. The van der Waals surface area contributed by atoms with Gasteiger partial charge in [-0.1, -0.05) is 24.3 Å². The van der Waals surface area contributed by atoms with Crippen LogP contribution in [0.3, 0.4) is 0 Å². The summed E-state index contributed by atoms with van der Waals surface area (Å²) < 4.78 is 11.2. The number of carboxylic acid groups (broad SMARTS) is 1. The molecule has 0 unspecified atom stereocenters. The molecule has 0 aliphatic carbocycles. The van der Waals surface area contributed by atoms with Crippen molar-refractivity contribution in [1.29, 1.82) is 0 Å². The lowest BCUT2D eigenvalue weighted by molar-refractivity contribution is 0.0696. The lowest BCUT2D eigenvalue weighted by atomic mass is 10.0. The lowest BCUT2D eigenvalue weighted by Crippen LogP contribution is -2.16. The maximum atomic E-state index is 12.2. The van der Waals surface area contributed by atoms with Gasteiger partial charge in [-0.15, -0.1) is 0 Å². The summed E-state index contributed by atoms with van der Waals surface area (Å²) in [6, 6.07) is 17.2. The number of rotatable bonds is 5. The standard InChI is InChI=1S/C22H16N2O5/c1-13-10-15(22(26)27)6-8-17(13)19-9-7-16(28-19)12-23-24-21(25)20-11-14-4-2-3-5-18(14)29-20/h2-12H,1H3,(H,24,25)(H,26,27)/b23-12+. The first-order chi connectivity index (χ1) is 14.0. The predicted molar refractivity (Wildman–Crippen MR) is 107 cm³/mol. The van der Waals surface area contributed by atoms with Crippen LogP contribution in [0.25, 0.3) is 22.3 Å². The molecule has 0 atom stereocenters. The third kappa shape index (κ3) is 3.79. The van der Waals surface area contributed by atoms with Crippen molar-refractivity contribution in [3.05, 3.63) is 83.3 Å². The number of para-hydroxylation sites is 1. The van der Waals surface area contributed by atoms with Crippen molar-refractivity contribution in [2.24, 2.45) is 5.10 Å². The van der Waals surface area contributed by atoms with E-state index in [2.05, 4.69) is 10.5 Å². The first kappa shape index (κ1) is 18.2. The summed E-state index contributed by atoms with van der Waals surface area (Å²) in [5, 5.41) is 13.8. The summed E-state index contributed by atoms with van der Waals surface area (Å²) >= 11 is 0. The van der Waals surface area contributed by atoms with Gasteiger partial charge >= 0.3 is 11.9 Å². The zero-order chi connectivity index (χ0) is 20.4. The highest BCUT2D eigenvalue weighted by molar-refractivity contribution is 5.96. The minimum atomic E-state index is -0.980. The van der Waals surface area contributed by atoms with Crippen molar-refractivity contribution >= 4 is 29.1 Å². The molecule has 7 nitrogen and oxygen atoms in total. The van der Waals surface area contributed by atoms with Crippen molar-refractivity contribution in [1.82, 2.24) is 5.43 Å². The molecule has 2 aromatic carbocycles. The minimum Gasteiger partial charge on any atom is -0.478 e. The highest BCUT2D eigenvalue weighted by Crippen LogP contribution is 2.26. The molecule has 0 radical (unpaired) electrons.